The Morgan fingerprint density at radius 2 is 1.41 bits per heavy atom. The highest BCUT2D eigenvalue weighted by Gasteiger charge is 2.38. The molecule has 5 heteroatoms. The molecule has 0 bridgehead atoms. The monoisotopic (exact) mass is 312 g/mol. The molecule has 22 heavy (non-hydrogen) atoms. The molecular weight excluding hydrogens is 296 g/mol. The van der Waals surface area contributed by atoms with Gasteiger partial charge in [0.15, 0.2) is 5.03 Å². The number of sulfone groups is 1. The van der Waals surface area contributed by atoms with E-state index in [4.69, 9.17) is 0 Å². The van der Waals surface area contributed by atoms with Gasteiger partial charge in [-0.05, 0) is 31.5 Å². The first-order valence-corrected chi connectivity index (χ1v) is 8.44. The van der Waals surface area contributed by atoms with Gasteiger partial charge in [0.25, 0.3) is 0 Å². The molecule has 0 atom stereocenters. The Morgan fingerprint density at radius 3 is 2.00 bits per heavy atom. The second-order valence-electron chi connectivity index (χ2n) is 5.62. The maximum atomic E-state index is 12.9. The standard InChI is InChI=1S/C17H16N2O2S/c1-17(2)15(13-9-5-3-6-10-13)16(18-19-17)22(20,21)14-11-7-4-8-12-14/h3-12H,1-2H3. The van der Waals surface area contributed by atoms with E-state index in [1.54, 1.807) is 30.3 Å². The lowest BCUT2D eigenvalue weighted by Gasteiger charge is -2.18. The first-order chi connectivity index (χ1) is 10.4. The van der Waals surface area contributed by atoms with Crippen LogP contribution in [-0.2, 0) is 9.84 Å². The number of nitrogens with zero attached hydrogens (tertiary/aromatic N) is 2. The zero-order valence-corrected chi connectivity index (χ0v) is 13.2. The highest BCUT2D eigenvalue weighted by atomic mass is 32.2. The Hall–Kier alpha value is -2.27. The molecule has 2 aromatic carbocycles. The van der Waals surface area contributed by atoms with Gasteiger partial charge in [0.05, 0.1) is 4.90 Å². The van der Waals surface area contributed by atoms with E-state index in [-0.39, 0.29) is 9.92 Å². The molecule has 112 valence electrons. The average Bonchev–Trinajstić information content (AvgIpc) is 2.85. The van der Waals surface area contributed by atoms with Crippen LogP contribution in [-0.4, -0.2) is 14.0 Å². The predicted molar refractivity (Wildman–Crippen MR) is 85.9 cm³/mol. The van der Waals surface area contributed by atoms with Gasteiger partial charge in [0, 0.05) is 5.57 Å². The third-order valence-corrected chi connectivity index (χ3v) is 5.27. The molecule has 0 amide bonds. The largest absolute Gasteiger partial charge is 0.226 e. The minimum atomic E-state index is -3.69. The van der Waals surface area contributed by atoms with Crippen LogP contribution >= 0.6 is 0 Å². The van der Waals surface area contributed by atoms with E-state index < -0.39 is 15.4 Å². The quantitative estimate of drug-likeness (QED) is 0.857. The zero-order valence-electron chi connectivity index (χ0n) is 12.4. The molecule has 0 unspecified atom stereocenters. The van der Waals surface area contributed by atoms with Gasteiger partial charge in [-0.3, -0.25) is 0 Å². The fourth-order valence-corrected chi connectivity index (χ4v) is 4.04. The summed E-state index contributed by atoms with van der Waals surface area (Å²) in [5.74, 6) is 0. The lowest BCUT2D eigenvalue weighted by atomic mass is 9.90. The molecule has 0 aromatic heterocycles. The second kappa shape index (κ2) is 5.18. The van der Waals surface area contributed by atoms with Gasteiger partial charge < -0.3 is 0 Å². The Bertz CT molecular complexity index is 852. The maximum Gasteiger partial charge on any atom is 0.226 e. The van der Waals surface area contributed by atoms with Crippen LogP contribution in [0.25, 0.3) is 5.57 Å². The van der Waals surface area contributed by atoms with E-state index in [2.05, 4.69) is 10.2 Å². The van der Waals surface area contributed by atoms with Gasteiger partial charge in [0.1, 0.15) is 5.54 Å². The van der Waals surface area contributed by atoms with E-state index >= 15 is 0 Å². The molecule has 0 spiro atoms. The summed E-state index contributed by atoms with van der Waals surface area (Å²) in [5.41, 5.74) is 0.794. The number of benzene rings is 2. The summed E-state index contributed by atoms with van der Waals surface area (Å²) < 4.78 is 25.8. The third kappa shape index (κ3) is 2.37. The summed E-state index contributed by atoms with van der Waals surface area (Å²) in [7, 11) is -3.69. The Kier molecular flexibility index (Phi) is 3.45. The summed E-state index contributed by atoms with van der Waals surface area (Å²) in [6.45, 7) is 3.73. The van der Waals surface area contributed by atoms with Crippen LogP contribution in [0.3, 0.4) is 0 Å². The van der Waals surface area contributed by atoms with Crippen molar-refractivity contribution >= 4 is 15.4 Å². The number of hydrogen-bond donors (Lipinski definition) is 0. The molecule has 0 N–H and O–H groups in total. The SMILES string of the molecule is CC1(C)N=NC(S(=O)(=O)c2ccccc2)=C1c1ccccc1. The van der Waals surface area contributed by atoms with Crippen molar-refractivity contribution in [2.24, 2.45) is 10.2 Å². The van der Waals surface area contributed by atoms with Gasteiger partial charge in [-0.2, -0.15) is 5.11 Å². The molecule has 0 fully saturated rings. The molecule has 3 rings (SSSR count). The van der Waals surface area contributed by atoms with Gasteiger partial charge in [-0.25, -0.2) is 8.42 Å². The lowest BCUT2D eigenvalue weighted by Crippen LogP contribution is -2.18. The van der Waals surface area contributed by atoms with Gasteiger partial charge in [-0.15, -0.1) is 5.11 Å². The van der Waals surface area contributed by atoms with E-state index in [0.717, 1.165) is 5.56 Å². The van der Waals surface area contributed by atoms with Gasteiger partial charge in [-0.1, -0.05) is 48.5 Å². The van der Waals surface area contributed by atoms with Crippen LogP contribution < -0.4 is 0 Å². The molecule has 0 saturated carbocycles. The van der Waals surface area contributed by atoms with Crippen LogP contribution in [0.5, 0.6) is 0 Å². The van der Waals surface area contributed by atoms with Crippen molar-refractivity contribution in [3.63, 3.8) is 0 Å². The molecule has 4 nitrogen and oxygen atoms in total. The van der Waals surface area contributed by atoms with Crippen molar-refractivity contribution in [1.82, 2.24) is 0 Å². The molecule has 0 saturated heterocycles. The van der Waals surface area contributed by atoms with Crippen molar-refractivity contribution in [2.75, 3.05) is 0 Å². The molecule has 1 aliphatic heterocycles. The molecular formula is C17H16N2O2S. The molecule has 2 aromatic rings. The van der Waals surface area contributed by atoms with Gasteiger partial charge >= 0.3 is 0 Å². The summed E-state index contributed by atoms with van der Waals surface area (Å²) in [4.78, 5) is 0.232. The Labute approximate surface area is 130 Å². The maximum absolute atomic E-state index is 12.9. The minimum Gasteiger partial charge on any atom is -0.217 e. The van der Waals surface area contributed by atoms with Crippen molar-refractivity contribution in [1.29, 1.82) is 0 Å². The summed E-state index contributed by atoms with van der Waals surface area (Å²) >= 11 is 0. The van der Waals surface area contributed by atoms with Crippen LogP contribution in [0.15, 0.2) is 80.8 Å². The highest BCUT2D eigenvalue weighted by molar-refractivity contribution is 7.95. The summed E-state index contributed by atoms with van der Waals surface area (Å²) in [6, 6.07) is 17.8. The zero-order chi connectivity index (χ0) is 15.8. The third-order valence-electron chi connectivity index (χ3n) is 3.59. The summed E-state index contributed by atoms with van der Waals surface area (Å²) in [5, 5.41) is 8.22. The lowest BCUT2D eigenvalue weighted by molar-refractivity contribution is 0.601. The van der Waals surface area contributed by atoms with Crippen LogP contribution in [0.1, 0.15) is 19.4 Å². The van der Waals surface area contributed by atoms with E-state index in [0.29, 0.717) is 5.57 Å². The Morgan fingerprint density at radius 1 is 0.864 bits per heavy atom. The molecule has 0 radical (unpaired) electrons. The fourth-order valence-electron chi connectivity index (χ4n) is 2.51. The molecule has 1 aliphatic rings. The average molecular weight is 312 g/mol. The van der Waals surface area contributed by atoms with Crippen LogP contribution in [0.2, 0.25) is 0 Å². The van der Waals surface area contributed by atoms with Crippen molar-refractivity contribution in [3.8, 4) is 0 Å². The van der Waals surface area contributed by atoms with E-state index in [1.165, 1.54) is 0 Å². The fraction of sp³-hybridized carbons (Fsp3) is 0.176. The van der Waals surface area contributed by atoms with Crippen molar-refractivity contribution in [2.45, 2.75) is 24.3 Å². The van der Waals surface area contributed by atoms with Gasteiger partial charge in [0.2, 0.25) is 9.84 Å². The van der Waals surface area contributed by atoms with E-state index in [9.17, 15) is 8.42 Å². The Balaban J connectivity index is 2.25. The minimum absolute atomic E-state index is 0.0369. The molecule has 1 heterocycles. The molecule has 0 aliphatic carbocycles. The van der Waals surface area contributed by atoms with E-state index in [1.807, 2.05) is 44.2 Å². The first kappa shape index (κ1) is 14.7. The number of azo groups is 1. The van der Waals surface area contributed by atoms with Crippen molar-refractivity contribution in [3.05, 3.63) is 71.3 Å². The topological polar surface area (TPSA) is 58.9 Å². The second-order valence-corrected chi connectivity index (χ2v) is 7.49. The highest BCUT2D eigenvalue weighted by Crippen LogP contribution is 2.42. The number of rotatable bonds is 3. The normalized spacial score (nSPS) is 17.0. The predicted octanol–water partition coefficient (Wildman–Crippen LogP) is 4.07. The van der Waals surface area contributed by atoms with Crippen LogP contribution in [0.4, 0.5) is 0 Å². The summed E-state index contributed by atoms with van der Waals surface area (Å²) in [6.07, 6.45) is 0. The first-order valence-electron chi connectivity index (χ1n) is 6.96. The smallest absolute Gasteiger partial charge is 0.217 e. The van der Waals surface area contributed by atoms with Crippen LogP contribution in [0, 0.1) is 0 Å². The van der Waals surface area contributed by atoms with Crippen molar-refractivity contribution < 1.29 is 8.42 Å². The number of hydrogen-bond acceptors (Lipinski definition) is 4.